The molecule has 8 nitrogen and oxygen atoms in total. The van der Waals surface area contributed by atoms with Crippen LogP contribution in [0.2, 0.25) is 0 Å². The molecule has 0 aromatic heterocycles. The molecule has 9 atom stereocenters. The molecule has 3 saturated carbocycles. The highest BCUT2D eigenvalue weighted by atomic mass is 16.5. The Bertz CT molecular complexity index is 1070. The van der Waals surface area contributed by atoms with Gasteiger partial charge in [-0.05, 0) is 84.5 Å². The molecular formula is C33H53N5O3. The van der Waals surface area contributed by atoms with Crippen molar-refractivity contribution in [3.63, 3.8) is 0 Å². The Labute approximate surface area is 246 Å². The lowest BCUT2D eigenvalue weighted by atomic mass is 9.65. The third-order valence-electron chi connectivity index (χ3n) is 11.9. The summed E-state index contributed by atoms with van der Waals surface area (Å²) in [7, 11) is 0. The summed E-state index contributed by atoms with van der Waals surface area (Å²) in [6.07, 6.45) is 14.2. The van der Waals surface area contributed by atoms with E-state index in [9.17, 15) is 9.59 Å². The number of piperidine rings is 1. The van der Waals surface area contributed by atoms with Gasteiger partial charge in [-0.25, -0.2) is 0 Å². The van der Waals surface area contributed by atoms with Crippen LogP contribution in [0.25, 0.3) is 0 Å². The largest absolute Gasteiger partial charge is 0.369 e. The van der Waals surface area contributed by atoms with Crippen LogP contribution < -0.4 is 16.4 Å². The fraction of sp³-hybridized carbons (Fsp3) is 0.879. The van der Waals surface area contributed by atoms with Crippen LogP contribution in [0.5, 0.6) is 0 Å². The molecule has 0 aromatic carbocycles. The number of hydrogen-bond donors (Lipinski definition) is 3. The molecular weight excluding hydrogens is 514 g/mol. The minimum absolute atomic E-state index is 0.00345. The lowest BCUT2D eigenvalue weighted by Crippen LogP contribution is -2.71. The van der Waals surface area contributed by atoms with Crippen molar-refractivity contribution >= 4 is 11.7 Å². The van der Waals surface area contributed by atoms with Gasteiger partial charge in [-0.2, -0.15) is 0 Å². The fourth-order valence-electron chi connectivity index (χ4n) is 10.6. The quantitative estimate of drug-likeness (QED) is 0.451. The van der Waals surface area contributed by atoms with E-state index < -0.39 is 0 Å². The Balaban J connectivity index is 1.19. The topological polar surface area (TPSA) is 99.9 Å². The molecule has 9 unspecified atom stereocenters. The van der Waals surface area contributed by atoms with E-state index in [0.29, 0.717) is 11.6 Å². The number of nitrogens with two attached hydrogens (primary N) is 1. The third-order valence-corrected chi connectivity index (χ3v) is 11.9. The second-order valence-corrected chi connectivity index (χ2v) is 16.1. The lowest BCUT2D eigenvalue weighted by Gasteiger charge is -2.61. The molecule has 3 aliphatic carbocycles. The number of nitrogens with one attached hydrogen (secondary N) is 2. The molecule has 3 saturated heterocycles. The molecule has 0 aromatic rings. The van der Waals surface area contributed by atoms with Crippen LogP contribution in [0.1, 0.15) is 98.3 Å². The highest BCUT2D eigenvalue weighted by Crippen LogP contribution is 2.50. The van der Waals surface area contributed by atoms with E-state index in [4.69, 9.17) is 10.5 Å². The number of ketones is 1. The van der Waals surface area contributed by atoms with Crippen molar-refractivity contribution in [3.8, 4) is 0 Å². The number of morpholine rings is 1. The van der Waals surface area contributed by atoms with Crippen molar-refractivity contribution in [3.05, 3.63) is 11.8 Å². The second kappa shape index (κ2) is 10.3. The predicted octanol–water partition coefficient (Wildman–Crippen LogP) is 3.10. The maximum atomic E-state index is 14.1. The first-order chi connectivity index (χ1) is 19.5. The van der Waals surface area contributed by atoms with E-state index in [2.05, 4.69) is 48.1 Å². The summed E-state index contributed by atoms with van der Waals surface area (Å²) >= 11 is 0. The summed E-state index contributed by atoms with van der Waals surface area (Å²) in [5.41, 5.74) is 6.58. The number of hydrogen-bond acceptors (Lipinski definition) is 7. The van der Waals surface area contributed by atoms with Crippen LogP contribution in [-0.4, -0.2) is 88.1 Å². The Morgan fingerprint density at radius 1 is 1.00 bits per heavy atom. The van der Waals surface area contributed by atoms with Crippen molar-refractivity contribution in [2.24, 2.45) is 23.5 Å². The normalized spacial score (nSPS) is 43.9. The summed E-state index contributed by atoms with van der Waals surface area (Å²) in [4.78, 5) is 33.1. The van der Waals surface area contributed by atoms with Gasteiger partial charge in [-0.1, -0.05) is 25.7 Å². The summed E-state index contributed by atoms with van der Waals surface area (Å²) in [6, 6.07) is 0.843. The van der Waals surface area contributed by atoms with Crippen molar-refractivity contribution in [2.75, 3.05) is 13.1 Å². The molecule has 4 aliphatic heterocycles. The summed E-state index contributed by atoms with van der Waals surface area (Å²) < 4.78 is 7.14. The Hall–Kier alpha value is -1.48. The minimum Gasteiger partial charge on any atom is -0.369 e. The molecule has 7 rings (SSSR count). The van der Waals surface area contributed by atoms with E-state index >= 15 is 0 Å². The van der Waals surface area contributed by atoms with Gasteiger partial charge in [-0.3, -0.25) is 14.5 Å². The highest BCUT2D eigenvalue weighted by Gasteiger charge is 2.58. The van der Waals surface area contributed by atoms with Gasteiger partial charge in [0, 0.05) is 54.4 Å². The molecule has 41 heavy (non-hydrogen) atoms. The standard InChI is InChI=1S/C33H53N5O3/c1-32(2)15-22(16-33(3,4)36-32)35-31(40)24-18-38-26-13-19-7-5-6-8-20(19)14-27(26)41-30-25(37-12-11-21(34)17-37)10-9-23(28(30)38)29(24)39/h18-23,25-28,30,36H,5-17,34H2,1-4H3,(H,35,40). The van der Waals surface area contributed by atoms with E-state index in [1.165, 1.54) is 25.7 Å². The first-order valence-electron chi connectivity index (χ1n) is 16.8. The molecule has 228 valence electrons. The Morgan fingerprint density at radius 2 is 1.71 bits per heavy atom. The minimum atomic E-state index is -0.177. The highest BCUT2D eigenvalue weighted by molar-refractivity contribution is 6.20. The van der Waals surface area contributed by atoms with Crippen LogP contribution in [0, 0.1) is 17.8 Å². The monoisotopic (exact) mass is 567 g/mol. The van der Waals surface area contributed by atoms with Crippen LogP contribution >= 0.6 is 0 Å². The zero-order valence-corrected chi connectivity index (χ0v) is 25.7. The number of Topliss-reactive ketones (excluding diaryl/α,β-unsaturated/α-hetero) is 1. The van der Waals surface area contributed by atoms with Gasteiger partial charge < -0.3 is 26.0 Å². The van der Waals surface area contributed by atoms with E-state index in [1.807, 2.05) is 6.20 Å². The van der Waals surface area contributed by atoms with Gasteiger partial charge in [0.25, 0.3) is 5.91 Å². The number of likely N-dealkylation sites (tertiary alicyclic amines) is 1. The second-order valence-electron chi connectivity index (χ2n) is 16.1. The van der Waals surface area contributed by atoms with Gasteiger partial charge in [-0.15, -0.1) is 0 Å². The number of carbonyl (C=O) groups is 2. The maximum Gasteiger partial charge on any atom is 0.256 e. The fourth-order valence-corrected chi connectivity index (χ4v) is 10.6. The molecule has 6 fully saturated rings. The number of amides is 1. The number of ether oxygens (including phenoxy) is 1. The van der Waals surface area contributed by atoms with Crippen LogP contribution in [0.3, 0.4) is 0 Å². The maximum absolute atomic E-state index is 14.1. The molecule has 0 spiro atoms. The average molecular weight is 568 g/mol. The predicted molar refractivity (Wildman–Crippen MR) is 159 cm³/mol. The summed E-state index contributed by atoms with van der Waals surface area (Å²) in [5, 5.41) is 7.03. The van der Waals surface area contributed by atoms with Crippen LogP contribution in [0.15, 0.2) is 11.8 Å². The van der Waals surface area contributed by atoms with E-state index in [1.54, 1.807) is 0 Å². The summed E-state index contributed by atoms with van der Waals surface area (Å²) in [5.74, 6) is 1.17. The van der Waals surface area contributed by atoms with E-state index in [-0.39, 0.29) is 65.1 Å². The Kier molecular flexibility index (Phi) is 7.12. The zero-order chi connectivity index (χ0) is 28.7. The first-order valence-corrected chi connectivity index (χ1v) is 16.8. The van der Waals surface area contributed by atoms with Gasteiger partial charge in [0.15, 0.2) is 5.78 Å². The van der Waals surface area contributed by atoms with Gasteiger partial charge in [0.05, 0.1) is 29.9 Å². The average Bonchev–Trinajstić information content (AvgIpc) is 3.33. The molecule has 0 radical (unpaired) electrons. The number of carbonyl (C=O) groups excluding carboxylic acids is 2. The van der Waals surface area contributed by atoms with Gasteiger partial charge in [0.1, 0.15) is 0 Å². The number of rotatable bonds is 3. The van der Waals surface area contributed by atoms with E-state index in [0.717, 1.165) is 69.9 Å². The molecule has 1 amide bonds. The zero-order valence-electron chi connectivity index (χ0n) is 25.7. The molecule has 4 heterocycles. The number of fused-ring (bicyclic) bond motifs is 3. The van der Waals surface area contributed by atoms with Crippen LogP contribution in [-0.2, 0) is 14.3 Å². The smallest absolute Gasteiger partial charge is 0.256 e. The molecule has 4 N–H and O–H groups in total. The van der Waals surface area contributed by atoms with Crippen LogP contribution in [0.4, 0.5) is 0 Å². The molecule has 8 heteroatoms. The molecule has 0 bridgehead atoms. The summed E-state index contributed by atoms with van der Waals surface area (Å²) in [6.45, 7) is 10.7. The Morgan fingerprint density at radius 3 is 2.39 bits per heavy atom. The first kappa shape index (κ1) is 28.3. The lowest BCUT2D eigenvalue weighted by molar-refractivity contribution is -0.210. The van der Waals surface area contributed by atoms with Crippen molar-refractivity contribution in [1.29, 1.82) is 0 Å². The van der Waals surface area contributed by atoms with Gasteiger partial charge in [0.2, 0.25) is 0 Å². The van der Waals surface area contributed by atoms with Crippen molar-refractivity contribution < 1.29 is 14.3 Å². The third kappa shape index (κ3) is 5.19. The molecule has 7 aliphatic rings. The SMILES string of the molecule is CC1(C)CC(NC(=O)C2=CN3C4CC5CCCCC5CC4OC4C(N5CCC(N)C5)CCC(C2=O)C43)CC(C)(C)N1. The van der Waals surface area contributed by atoms with Crippen molar-refractivity contribution in [1.82, 2.24) is 20.4 Å². The van der Waals surface area contributed by atoms with Gasteiger partial charge >= 0.3 is 0 Å². The number of nitrogens with zero attached hydrogens (tertiary/aromatic N) is 2. The van der Waals surface area contributed by atoms with Crippen molar-refractivity contribution in [2.45, 2.75) is 152 Å².